The molecular formula is C55H54N3OPt-. The Bertz CT molecular complexity index is 3250. The van der Waals surface area contributed by atoms with Crippen LogP contribution in [0, 0.1) is 12.9 Å². The number of fused-ring (bicyclic) bond motifs is 1. The molecule has 0 aliphatic heterocycles. The largest absolute Gasteiger partial charge is 0.507 e. The minimum absolute atomic E-state index is 0. The van der Waals surface area contributed by atoms with Gasteiger partial charge in [0.05, 0.1) is 22.3 Å². The van der Waals surface area contributed by atoms with E-state index in [2.05, 4.69) is 53.7 Å². The first-order valence-corrected chi connectivity index (χ1v) is 19.6. The second-order valence-electron chi connectivity index (χ2n) is 17.2. The molecular weight excluding hydrogens is 914 g/mol. The van der Waals surface area contributed by atoms with Gasteiger partial charge in [-0.05, 0) is 81.2 Å². The molecule has 0 aliphatic carbocycles. The van der Waals surface area contributed by atoms with Crippen LogP contribution >= 0.6 is 0 Å². The van der Waals surface area contributed by atoms with E-state index < -0.39 is 44.1 Å². The molecule has 306 valence electrons. The molecule has 0 spiro atoms. The summed E-state index contributed by atoms with van der Waals surface area (Å²) in [6.07, 6.45) is 1.70. The molecule has 1 N–H and O–H groups in total. The number of aryl methyl sites for hydroxylation is 1. The Morgan fingerprint density at radius 2 is 1.30 bits per heavy atom. The first-order chi connectivity index (χ1) is 32.9. The summed E-state index contributed by atoms with van der Waals surface area (Å²) in [5.41, 5.74) is 4.72. The topological polar surface area (TPSA) is 50.9 Å². The van der Waals surface area contributed by atoms with Crippen LogP contribution < -0.4 is 0 Å². The second-order valence-corrected chi connectivity index (χ2v) is 17.2. The Morgan fingerprint density at radius 1 is 0.600 bits per heavy atom. The van der Waals surface area contributed by atoms with Gasteiger partial charge in [-0.1, -0.05) is 170 Å². The van der Waals surface area contributed by atoms with Gasteiger partial charge in [-0.15, -0.1) is 29.3 Å². The summed E-state index contributed by atoms with van der Waals surface area (Å²) in [6.45, 7) is -0.533. The van der Waals surface area contributed by atoms with Gasteiger partial charge in [-0.2, -0.15) is 0 Å². The maximum atomic E-state index is 12.5. The van der Waals surface area contributed by atoms with Gasteiger partial charge in [0.25, 0.3) is 0 Å². The average molecular weight is 980 g/mol. The van der Waals surface area contributed by atoms with E-state index in [4.69, 9.17) is 26.4 Å². The summed E-state index contributed by atoms with van der Waals surface area (Å²) in [4.78, 5) is 10.1. The monoisotopic (exact) mass is 979 g/mol. The van der Waals surface area contributed by atoms with Gasteiger partial charge in [0.15, 0.2) is 0 Å². The fraction of sp³-hybridized carbons (Fsp3) is 0.236. The predicted molar refractivity (Wildman–Crippen MR) is 247 cm³/mol. The van der Waals surface area contributed by atoms with Gasteiger partial charge < -0.3 is 5.11 Å². The third kappa shape index (κ3) is 8.28. The second kappa shape index (κ2) is 16.1. The molecule has 0 amide bonds. The Kier molecular flexibility index (Phi) is 7.96. The third-order valence-electron chi connectivity index (χ3n) is 10.8. The molecule has 0 radical (unpaired) electrons. The standard InChI is InChI=1S/C55H54N3O.Pt/c1-35-22-24-36(25-23-35)38-28-29-56-47(33-38)40-30-39(31-42(32-40)54(5,6)7)43-18-15-21-49-50(43)57-52(44-19-14-20-46(51(44)59)55(8,9)10)58(49)48-27-26-41(53(2,3)4)34-45(48)37-16-12-11-13-17-37;/h11-29,31-34,59H,1-10H3;/q-1;/i1D3,8D3,9D3,10D3;. The summed E-state index contributed by atoms with van der Waals surface area (Å²) in [6, 6.07) is 43.6. The minimum Gasteiger partial charge on any atom is -0.507 e. The van der Waals surface area contributed by atoms with Crippen LogP contribution in [-0.2, 0) is 37.3 Å². The Labute approximate surface area is 387 Å². The first-order valence-electron chi connectivity index (χ1n) is 25.6. The van der Waals surface area contributed by atoms with E-state index in [1.807, 2.05) is 89.5 Å². The fourth-order valence-corrected chi connectivity index (χ4v) is 7.52. The SMILES string of the molecule is [2H]C([2H])([2H])c1ccc(-c2ccnc(-c3[c-]c(-c4cccc5c4nc(-c4cccc(C(C([2H])([2H])[2H])(C([2H])([2H])[2H])C([2H])([2H])[2H])c4O)n5-c4ccc(C(C)(C)C)cc4-c4ccccc4)cc(C(C)(C)C)c3)c2)cc1.[Pt]. The smallest absolute Gasteiger partial charge is 0.148 e. The van der Waals surface area contributed by atoms with Crippen LogP contribution in [0.25, 0.3) is 72.7 Å². The molecule has 8 aromatic rings. The number of hydrogen-bond donors (Lipinski definition) is 1. The number of pyridine rings is 1. The summed E-state index contributed by atoms with van der Waals surface area (Å²) in [5.74, 6) is -0.752. The molecule has 2 aromatic heterocycles. The van der Waals surface area contributed by atoms with Crippen molar-refractivity contribution in [1.82, 2.24) is 14.5 Å². The first kappa shape index (κ1) is 29.6. The van der Waals surface area contributed by atoms with Gasteiger partial charge in [0.1, 0.15) is 11.6 Å². The summed E-state index contributed by atoms with van der Waals surface area (Å²) >= 11 is 0. The number of phenolic OH excluding ortho intramolecular Hbond substituents is 1. The van der Waals surface area contributed by atoms with Crippen LogP contribution in [0.1, 0.15) is 101 Å². The number of benzene rings is 6. The van der Waals surface area contributed by atoms with Crippen molar-refractivity contribution in [2.45, 2.75) is 85.2 Å². The van der Waals surface area contributed by atoms with E-state index in [9.17, 15) is 5.11 Å². The maximum Gasteiger partial charge on any atom is 0.148 e. The van der Waals surface area contributed by atoms with E-state index in [0.717, 1.165) is 39.4 Å². The van der Waals surface area contributed by atoms with E-state index in [-0.39, 0.29) is 48.8 Å². The Hall–Kier alpha value is -5.57. The zero-order valence-corrected chi connectivity index (χ0v) is 36.7. The molecule has 0 unspecified atom stereocenters. The van der Waals surface area contributed by atoms with Crippen molar-refractivity contribution in [2.24, 2.45) is 0 Å². The van der Waals surface area contributed by atoms with Crippen molar-refractivity contribution in [2.75, 3.05) is 0 Å². The number of rotatable bonds is 6. The molecule has 60 heavy (non-hydrogen) atoms. The van der Waals surface area contributed by atoms with Crippen LogP contribution in [0.2, 0.25) is 0 Å². The van der Waals surface area contributed by atoms with E-state index in [1.54, 1.807) is 30.5 Å². The molecule has 6 aromatic carbocycles. The van der Waals surface area contributed by atoms with Gasteiger partial charge in [-0.25, -0.2) is 4.98 Å². The molecule has 0 bridgehead atoms. The Morgan fingerprint density at radius 3 is 2.00 bits per heavy atom. The normalized spacial score (nSPS) is 15.9. The van der Waals surface area contributed by atoms with Crippen LogP contribution in [0.4, 0.5) is 0 Å². The van der Waals surface area contributed by atoms with E-state index in [1.165, 1.54) is 12.1 Å². The summed E-state index contributed by atoms with van der Waals surface area (Å²) < 4.78 is 102. The number of nitrogens with zero attached hydrogens (tertiary/aromatic N) is 3. The van der Waals surface area contributed by atoms with Crippen molar-refractivity contribution in [3.63, 3.8) is 0 Å². The predicted octanol–water partition coefficient (Wildman–Crippen LogP) is 14.5. The summed E-state index contributed by atoms with van der Waals surface area (Å²) in [5, 5.41) is 12.5. The average Bonchev–Trinajstić information content (AvgIpc) is 3.67. The van der Waals surface area contributed by atoms with Gasteiger partial charge in [0.2, 0.25) is 0 Å². The van der Waals surface area contributed by atoms with Crippen molar-refractivity contribution in [3.8, 4) is 67.5 Å². The van der Waals surface area contributed by atoms with Gasteiger partial charge in [0, 0.05) is 55.0 Å². The number of hydrogen-bond acceptors (Lipinski definition) is 3. The molecule has 4 nitrogen and oxygen atoms in total. The van der Waals surface area contributed by atoms with E-state index >= 15 is 0 Å². The van der Waals surface area contributed by atoms with Crippen molar-refractivity contribution < 1.29 is 42.6 Å². The van der Waals surface area contributed by atoms with Gasteiger partial charge in [-0.3, -0.25) is 9.55 Å². The third-order valence-corrected chi connectivity index (χ3v) is 10.8. The number of para-hydroxylation sites is 2. The van der Waals surface area contributed by atoms with Gasteiger partial charge >= 0.3 is 0 Å². The molecule has 8 rings (SSSR count). The number of imidazole rings is 1. The van der Waals surface area contributed by atoms with Crippen molar-refractivity contribution in [3.05, 3.63) is 168 Å². The number of aromatic hydroxyl groups is 1. The maximum absolute atomic E-state index is 12.5. The molecule has 5 heteroatoms. The Balaban J connectivity index is 0.00000760. The molecule has 0 atom stereocenters. The quantitative estimate of drug-likeness (QED) is 0.169. The van der Waals surface area contributed by atoms with E-state index in [0.29, 0.717) is 39.1 Å². The van der Waals surface area contributed by atoms with Crippen LogP contribution in [0.15, 0.2) is 140 Å². The van der Waals surface area contributed by atoms with Crippen molar-refractivity contribution in [1.29, 1.82) is 0 Å². The van der Waals surface area contributed by atoms with Crippen LogP contribution in [-0.4, -0.2) is 19.6 Å². The molecule has 2 heterocycles. The zero-order chi connectivity index (χ0) is 51.9. The van der Waals surface area contributed by atoms with Crippen LogP contribution in [0.3, 0.4) is 0 Å². The molecule has 0 aliphatic rings. The summed E-state index contributed by atoms with van der Waals surface area (Å²) in [7, 11) is 0. The number of aromatic nitrogens is 3. The van der Waals surface area contributed by atoms with Crippen LogP contribution in [0.5, 0.6) is 5.75 Å². The zero-order valence-electron chi connectivity index (χ0n) is 46.4. The molecule has 0 saturated carbocycles. The van der Waals surface area contributed by atoms with Crippen molar-refractivity contribution >= 4 is 11.0 Å². The molecule has 0 saturated heterocycles. The number of phenols is 1. The molecule has 0 fully saturated rings. The minimum atomic E-state index is -3.64. The fourth-order valence-electron chi connectivity index (χ4n) is 7.52.